The van der Waals surface area contributed by atoms with E-state index in [0.717, 1.165) is 38.2 Å². The van der Waals surface area contributed by atoms with Gasteiger partial charge in [0.2, 0.25) is 5.88 Å². The van der Waals surface area contributed by atoms with Gasteiger partial charge in [0, 0.05) is 25.2 Å². The van der Waals surface area contributed by atoms with E-state index in [1.165, 1.54) is 12.8 Å². The van der Waals surface area contributed by atoms with Gasteiger partial charge in [-0.15, -0.1) is 0 Å². The normalized spacial score (nSPS) is 23.4. The molecule has 2 fully saturated rings. The summed E-state index contributed by atoms with van der Waals surface area (Å²) in [5, 5.41) is 3.57. The first kappa shape index (κ1) is 12.7. The Morgan fingerprint density at radius 2 is 2.37 bits per heavy atom. The molecule has 2 heterocycles. The molecule has 1 unspecified atom stereocenters. The summed E-state index contributed by atoms with van der Waals surface area (Å²) in [4.78, 5) is 6.85. The van der Waals surface area contributed by atoms with Crippen molar-refractivity contribution in [3.05, 3.63) is 18.2 Å². The lowest BCUT2D eigenvalue weighted by atomic mass is 10.2. The Kier molecular flexibility index (Phi) is 3.84. The summed E-state index contributed by atoms with van der Waals surface area (Å²) in [5.41, 5.74) is 0. The first-order chi connectivity index (χ1) is 9.36. The van der Waals surface area contributed by atoms with Gasteiger partial charge >= 0.3 is 0 Å². The van der Waals surface area contributed by atoms with E-state index in [9.17, 15) is 0 Å². The molecule has 5 nitrogen and oxygen atoms in total. The van der Waals surface area contributed by atoms with Gasteiger partial charge in [-0.3, -0.25) is 0 Å². The Balaban J connectivity index is 1.70. The fourth-order valence-electron chi connectivity index (χ4n) is 2.39. The van der Waals surface area contributed by atoms with E-state index < -0.39 is 0 Å². The zero-order valence-electron chi connectivity index (χ0n) is 11.3. The highest BCUT2D eigenvalue weighted by Gasteiger charge is 2.27. The molecule has 104 valence electrons. The minimum Gasteiger partial charge on any atom is -0.481 e. The monoisotopic (exact) mass is 263 g/mol. The first-order valence-electron chi connectivity index (χ1n) is 6.95. The molecule has 0 radical (unpaired) electrons. The zero-order valence-corrected chi connectivity index (χ0v) is 11.3. The molecule has 1 aromatic heterocycles. The van der Waals surface area contributed by atoms with Crippen molar-refractivity contribution >= 4 is 5.82 Å². The molecular formula is C14H21N3O2. The number of rotatable bonds is 5. The van der Waals surface area contributed by atoms with Crippen molar-refractivity contribution in [2.75, 3.05) is 38.3 Å². The molecule has 3 rings (SSSR count). The van der Waals surface area contributed by atoms with Gasteiger partial charge in [-0.05, 0) is 18.9 Å². The van der Waals surface area contributed by atoms with Crippen LogP contribution in [0.25, 0.3) is 0 Å². The summed E-state index contributed by atoms with van der Waals surface area (Å²) in [7, 11) is 1.65. The number of hydrogen-bond acceptors (Lipinski definition) is 5. The van der Waals surface area contributed by atoms with Crippen LogP contribution in [-0.4, -0.2) is 50.5 Å². The molecule has 1 N–H and O–H groups in total. The van der Waals surface area contributed by atoms with Crippen LogP contribution in [-0.2, 0) is 4.74 Å². The molecule has 1 aliphatic heterocycles. The second-order valence-corrected chi connectivity index (χ2v) is 5.14. The second-order valence-electron chi connectivity index (χ2n) is 5.14. The van der Waals surface area contributed by atoms with Crippen molar-refractivity contribution in [3.63, 3.8) is 0 Å². The van der Waals surface area contributed by atoms with E-state index in [4.69, 9.17) is 9.47 Å². The fraction of sp³-hybridized carbons (Fsp3) is 0.643. The smallest absolute Gasteiger partial charge is 0.214 e. The maximum atomic E-state index is 5.60. The third kappa shape index (κ3) is 3.16. The molecular weight excluding hydrogens is 242 g/mol. The molecule has 0 spiro atoms. The Bertz CT molecular complexity index is 423. The summed E-state index contributed by atoms with van der Waals surface area (Å²) >= 11 is 0. The Morgan fingerprint density at radius 1 is 1.47 bits per heavy atom. The predicted molar refractivity (Wildman–Crippen MR) is 73.8 cm³/mol. The van der Waals surface area contributed by atoms with Crippen LogP contribution in [0.5, 0.6) is 5.88 Å². The van der Waals surface area contributed by atoms with Gasteiger partial charge in [0.1, 0.15) is 5.82 Å². The van der Waals surface area contributed by atoms with E-state index in [-0.39, 0.29) is 0 Å². The van der Waals surface area contributed by atoms with E-state index in [2.05, 4.69) is 15.2 Å². The summed E-state index contributed by atoms with van der Waals surface area (Å²) < 4.78 is 10.8. The van der Waals surface area contributed by atoms with Gasteiger partial charge in [0.25, 0.3) is 0 Å². The van der Waals surface area contributed by atoms with Gasteiger partial charge < -0.3 is 19.7 Å². The van der Waals surface area contributed by atoms with E-state index in [0.29, 0.717) is 11.9 Å². The van der Waals surface area contributed by atoms with Gasteiger partial charge in [0.05, 0.1) is 26.4 Å². The van der Waals surface area contributed by atoms with Crippen molar-refractivity contribution < 1.29 is 9.47 Å². The molecule has 2 aliphatic rings. The van der Waals surface area contributed by atoms with Crippen molar-refractivity contribution in [2.45, 2.75) is 24.9 Å². The number of methoxy groups -OCH3 is 1. The molecule has 19 heavy (non-hydrogen) atoms. The highest BCUT2D eigenvalue weighted by Crippen LogP contribution is 2.22. The summed E-state index contributed by atoms with van der Waals surface area (Å²) in [5.74, 6) is 1.64. The molecule has 1 atom stereocenters. The van der Waals surface area contributed by atoms with E-state index >= 15 is 0 Å². The number of aromatic nitrogens is 1. The standard InChI is InChI=1S/C14H21N3O2/c1-18-14-4-2-3-13(16-14)17-7-8-19-10-12(17)9-15-11-5-6-11/h2-4,11-12,15H,5-10H2,1H3. The fourth-order valence-corrected chi connectivity index (χ4v) is 2.39. The average Bonchev–Trinajstić information content (AvgIpc) is 3.30. The molecule has 1 aromatic rings. The summed E-state index contributed by atoms with van der Waals surface area (Å²) in [6.07, 6.45) is 2.62. The Morgan fingerprint density at radius 3 is 3.16 bits per heavy atom. The van der Waals surface area contributed by atoms with Gasteiger partial charge in [-0.1, -0.05) is 6.07 Å². The van der Waals surface area contributed by atoms with Crippen LogP contribution in [0.1, 0.15) is 12.8 Å². The van der Waals surface area contributed by atoms with Crippen molar-refractivity contribution in [3.8, 4) is 5.88 Å². The third-order valence-electron chi connectivity index (χ3n) is 3.66. The highest BCUT2D eigenvalue weighted by molar-refractivity contribution is 5.42. The van der Waals surface area contributed by atoms with E-state index in [1.807, 2.05) is 18.2 Å². The quantitative estimate of drug-likeness (QED) is 0.860. The SMILES string of the molecule is COc1cccc(N2CCOCC2CNC2CC2)n1. The number of nitrogens with one attached hydrogen (secondary N) is 1. The largest absolute Gasteiger partial charge is 0.481 e. The molecule has 0 bridgehead atoms. The van der Waals surface area contributed by atoms with E-state index in [1.54, 1.807) is 7.11 Å². The molecule has 1 aliphatic carbocycles. The van der Waals surface area contributed by atoms with Gasteiger partial charge in [-0.25, -0.2) is 0 Å². The lowest BCUT2D eigenvalue weighted by molar-refractivity contribution is 0.0932. The van der Waals surface area contributed by atoms with Crippen molar-refractivity contribution in [1.29, 1.82) is 0 Å². The summed E-state index contributed by atoms with van der Waals surface area (Å²) in [6, 6.07) is 6.98. The van der Waals surface area contributed by atoms with Crippen LogP contribution < -0.4 is 15.0 Å². The lowest BCUT2D eigenvalue weighted by Crippen LogP contribution is -2.51. The van der Waals surface area contributed by atoms with Crippen LogP contribution in [0.2, 0.25) is 0 Å². The second kappa shape index (κ2) is 5.75. The maximum Gasteiger partial charge on any atom is 0.214 e. The molecule has 5 heteroatoms. The number of ether oxygens (including phenoxy) is 2. The molecule has 1 saturated carbocycles. The van der Waals surface area contributed by atoms with Gasteiger partial charge in [-0.2, -0.15) is 4.98 Å². The topological polar surface area (TPSA) is 46.6 Å². The number of hydrogen-bond donors (Lipinski definition) is 1. The molecule has 1 saturated heterocycles. The van der Waals surface area contributed by atoms with Crippen LogP contribution in [0, 0.1) is 0 Å². The highest BCUT2D eigenvalue weighted by atomic mass is 16.5. The first-order valence-corrected chi connectivity index (χ1v) is 6.95. The number of anilines is 1. The van der Waals surface area contributed by atoms with Gasteiger partial charge in [0.15, 0.2) is 0 Å². The zero-order chi connectivity index (χ0) is 13.1. The number of pyridine rings is 1. The minimum absolute atomic E-state index is 0.356. The Hall–Kier alpha value is -1.33. The summed E-state index contributed by atoms with van der Waals surface area (Å²) in [6.45, 7) is 3.37. The minimum atomic E-state index is 0.356. The number of nitrogens with zero attached hydrogens (tertiary/aromatic N) is 2. The van der Waals surface area contributed by atoms with Crippen LogP contribution in [0.15, 0.2) is 18.2 Å². The molecule has 0 aromatic carbocycles. The van der Waals surface area contributed by atoms with Crippen LogP contribution in [0.3, 0.4) is 0 Å². The van der Waals surface area contributed by atoms with Crippen LogP contribution >= 0.6 is 0 Å². The predicted octanol–water partition coefficient (Wildman–Crippen LogP) is 1.05. The molecule has 0 amide bonds. The Labute approximate surface area is 113 Å². The maximum absolute atomic E-state index is 5.60. The van der Waals surface area contributed by atoms with Crippen molar-refractivity contribution in [1.82, 2.24) is 10.3 Å². The average molecular weight is 263 g/mol. The van der Waals surface area contributed by atoms with Crippen LogP contribution in [0.4, 0.5) is 5.82 Å². The van der Waals surface area contributed by atoms with Crippen molar-refractivity contribution in [2.24, 2.45) is 0 Å². The third-order valence-corrected chi connectivity index (χ3v) is 3.66. The lowest BCUT2D eigenvalue weighted by Gasteiger charge is -2.36. The number of morpholine rings is 1.